The van der Waals surface area contributed by atoms with Gasteiger partial charge in [-0.15, -0.1) is 0 Å². The Bertz CT molecular complexity index is 777. The number of hydrogen-bond acceptors (Lipinski definition) is 4. The smallest absolute Gasteiger partial charge is 0.139 e. The van der Waals surface area contributed by atoms with Crippen molar-refractivity contribution in [3.05, 3.63) is 48.2 Å². The second kappa shape index (κ2) is 6.07. The van der Waals surface area contributed by atoms with Crippen LogP contribution >= 0.6 is 0 Å². The zero-order valence-electron chi connectivity index (χ0n) is 12.8. The molecule has 1 aromatic carbocycles. The number of benzene rings is 1. The lowest BCUT2D eigenvalue weighted by molar-refractivity contribution is 0.210. The second-order valence-electron chi connectivity index (χ2n) is 5.28. The predicted octanol–water partition coefficient (Wildman–Crippen LogP) is 2.95. The quantitative estimate of drug-likeness (QED) is 0.561. The fourth-order valence-electron chi connectivity index (χ4n) is 2.43. The Morgan fingerprint density at radius 1 is 1.23 bits per heavy atom. The van der Waals surface area contributed by atoms with Crippen molar-refractivity contribution in [3.8, 4) is 11.3 Å². The third-order valence-corrected chi connectivity index (χ3v) is 3.56. The van der Waals surface area contributed by atoms with Gasteiger partial charge in [-0.1, -0.05) is 12.1 Å². The first kappa shape index (κ1) is 14.4. The van der Waals surface area contributed by atoms with Gasteiger partial charge in [0.1, 0.15) is 17.2 Å². The molecule has 0 amide bonds. The number of nitrogens with one attached hydrogen (secondary N) is 1. The number of nitrogens with two attached hydrogens (primary N) is 1. The molecule has 0 bridgehead atoms. The number of fused-ring (bicyclic) bond motifs is 1. The van der Waals surface area contributed by atoms with Gasteiger partial charge in [-0.25, -0.2) is 4.98 Å². The van der Waals surface area contributed by atoms with Crippen LogP contribution in [0.25, 0.3) is 16.9 Å². The van der Waals surface area contributed by atoms with Crippen molar-refractivity contribution in [2.45, 2.75) is 6.92 Å². The van der Waals surface area contributed by atoms with E-state index in [0.29, 0.717) is 6.61 Å². The molecular weight excluding hydrogens is 276 g/mol. The van der Waals surface area contributed by atoms with Gasteiger partial charge in [-0.3, -0.25) is 4.40 Å². The lowest BCUT2D eigenvalue weighted by atomic mass is 10.1. The summed E-state index contributed by atoms with van der Waals surface area (Å²) in [4.78, 5) is 4.77. The highest BCUT2D eigenvalue weighted by atomic mass is 16.5. The molecule has 2 aromatic heterocycles. The topological polar surface area (TPSA) is 64.6 Å². The van der Waals surface area contributed by atoms with Crippen molar-refractivity contribution in [1.82, 2.24) is 9.38 Å². The van der Waals surface area contributed by atoms with Crippen molar-refractivity contribution < 1.29 is 4.74 Å². The number of nitrogen functional groups attached to an aromatic ring is 1. The molecule has 0 aliphatic rings. The highest BCUT2D eigenvalue weighted by molar-refractivity contribution is 5.77. The van der Waals surface area contributed by atoms with Crippen LogP contribution < -0.4 is 11.1 Å². The monoisotopic (exact) mass is 296 g/mol. The first-order valence-corrected chi connectivity index (χ1v) is 7.26. The maximum absolute atomic E-state index is 5.78. The Kier molecular flexibility index (Phi) is 3.98. The zero-order valence-corrected chi connectivity index (χ0v) is 12.8. The summed E-state index contributed by atoms with van der Waals surface area (Å²) in [6.45, 7) is 3.43. The van der Waals surface area contributed by atoms with Crippen LogP contribution in [0.5, 0.6) is 0 Å². The average Bonchev–Trinajstić information content (AvgIpc) is 2.86. The maximum Gasteiger partial charge on any atom is 0.139 e. The number of nitrogens with zero attached hydrogens (tertiary/aromatic N) is 2. The molecule has 3 aromatic rings. The van der Waals surface area contributed by atoms with Crippen LogP contribution in [0.15, 0.2) is 42.6 Å². The lowest BCUT2D eigenvalue weighted by Crippen LogP contribution is -2.10. The van der Waals surface area contributed by atoms with Gasteiger partial charge < -0.3 is 15.8 Å². The van der Waals surface area contributed by atoms with Gasteiger partial charge in [-0.2, -0.15) is 0 Å². The Morgan fingerprint density at radius 3 is 2.73 bits per heavy atom. The number of aryl methyl sites for hydroxylation is 1. The van der Waals surface area contributed by atoms with E-state index in [9.17, 15) is 0 Å². The van der Waals surface area contributed by atoms with E-state index in [-0.39, 0.29) is 0 Å². The van der Waals surface area contributed by atoms with E-state index < -0.39 is 0 Å². The molecule has 0 unspecified atom stereocenters. The number of ether oxygens (including phenoxy) is 1. The molecule has 3 N–H and O–H groups in total. The third-order valence-electron chi connectivity index (χ3n) is 3.56. The van der Waals surface area contributed by atoms with Crippen molar-refractivity contribution in [2.24, 2.45) is 0 Å². The molecule has 0 atom stereocenters. The number of pyridine rings is 1. The number of hydrogen-bond donors (Lipinski definition) is 2. The molecule has 3 rings (SSSR count). The summed E-state index contributed by atoms with van der Waals surface area (Å²) in [7, 11) is 1.69. The van der Waals surface area contributed by atoms with Gasteiger partial charge in [0.2, 0.25) is 0 Å². The standard InChI is InChI=1S/C17H20N4O/c1-12-7-9-21-15(11-12)20-16(17(21)19-8-10-22-2)13-3-5-14(18)6-4-13/h3-7,9,11,19H,8,10,18H2,1-2H3. The first-order chi connectivity index (χ1) is 10.7. The molecule has 0 saturated carbocycles. The number of methoxy groups -OCH3 is 1. The molecule has 5 nitrogen and oxygen atoms in total. The third kappa shape index (κ3) is 2.76. The van der Waals surface area contributed by atoms with Gasteiger partial charge in [0, 0.05) is 31.1 Å². The van der Waals surface area contributed by atoms with Crippen LogP contribution in [0.2, 0.25) is 0 Å². The number of rotatable bonds is 5. The SMILES string of the molecule is COCCNc1c(-c2ccc(N)cc2)nc2cc(C)ccn12. The van der Waals surface area contributed by atoms with E-state index in [1.807, 2.05) is 30.5 Å². The van der Waals surface area contributed by atoms with Crippen LogP contribution in [0.3, 0.4) is 0 Å². The van der Waals surface area contributed by atoms with Crippen LogP contribution in [-0.2, 0) is 4.74 Å². The molecule has 0 aliphatic carbocycles. The summed E-state index contributed by atoms with van der Waals surface area (Å²) in [6, 6.07) is 11.9. The fourth-order valence-corrected chi connectivity index (χ4v) is 2.43. The Morgan fingerprint density at radius 2 is 2.00 bits per heavy atom. The molecule has 2 heterocycles. The summed E-state index contributed by atoms with van der Waals surface area (Å²) in [5, 5.41) is 3.41. The minimum Gasteiger partial charge on any atom is -0.399 e. The van der Waals surface area contributed by atoms with E-state index in [4.69, 9.17) is 15.5 Å². The van der Waals surface area contributed by atoms with Crippen LogP contribution in [0.4, 0.5) is 11.5 Å². The predicted molar refractivity (Wildman–Crippen MR) is 90.1 cm³/mol. The highest BCUT2D eigenvalue weighted by Gasteiger charge is 2.13. The van der Waals surface area contributed by atoms with Crippen molar-refractivity contribution in [3.63, 3.8) is 0 Å². The summed E-state index contributed by atoms with van der Waals surface area (Å²) in [5.74, 6) is 0.969. The Hall–Kier alpha value is -2.53. The van der Waals surface area contributed by atoms with E-state index in [0.717, 1.165) is 35.0 Å². The number of anilines is 2. The number of aromatic nitrogens is 2. The second-order valence-corrected chi connectivity index (χ2v) is 5.28. The van der Waals surface area contributed by atoms with E-state index in [1.54, 1.807) is 7.11 Å². The molecule has 0 saturated heterocycles. The van der Waals surface area contributed by atoms with Crippen molar-refractivity contribution >= 4 is 17.2 Å². The minimum atomic E-state index is 0.639. The van der Waals surface area contributed by atoms with E-state index >= 15 is 0 Å². The van der Waals surface area contributed by atoms with Crippen LogP contribution in [0, 0.1) is 6.92 Å². The van der Waals surface area contributed by atoms with E-state index in [1.165, 1.54) is 5.56 Å². The molecule has 22 heavy (non-hydrogen) atoms. The maximum atomic E-state index is 5.78. The van der Waals surface area contributed by atoms with Crippen LogP contribution in [-0.4, -0.2) is 29.6 Å². The minimum absolute atomic E-state index is 0.639. The van der Waals surface area contributed by atoms with Gasteiger partial charge in [0.15, 0.2) is 0 Å². The largest absolute Gasteiger partial charge is 0.399 e. The summed E-state index contributed by atoms with van der Waals surface area (Å²) < 4.78 is 7.19. The lowest BCUT2D eigenvalue weighted by Gasteiger charge is -2.08. The summed E-state index contributed by atoms with van der Waals surface area (Å²) >= 11 is 0. The van der Waals surface area contributed by atoms with Gasteiger partial charge in [-0.05, 0) is 36.8 Å². The molecule has 0 spiro atoms. The molecule has 0 aliphatic heterocycles. The molecule has 5 heteroatoms. The average molecular weight is 296 g/mol. The molecule has 114 valence electrons. The summed E-state index contributed by atoms with van der Waals surface area (Å²) in [5.41, 5.74) is 10.6. The van der Waals surface area contributed by atoms with E-state index in [2.05, 4.69) is 28.8 Å². The van der Waals surface area contributed by atoms with Crippen LogP contribution in [0.1, 0.15) is 5.56 Å². The molecule has 0 fully saturated rings. The molecular formula is C17H20N4O. The number of imidazole rings is 1. The molecule has 0 radical (unpaired) electrons. The van der Waals surface area contributed by atoms with Gasteiger partial charge in [0.05, 0.1) is 6.61 Å². The fraction of sp³-hybridized carbons (Fsp3) is 0.235. The van der Waals surface area contributed by atoms with Crippen molar-refractivity contribution in [1.29, 1.82) is 0 Å². The Balaban J connectivity index is 2.10. The van der Waals surface area contributed by atoms with Crippen molar-refractivity contribution in [2.75, 3.05) is 31.3 Å². The normalized spacial score (nSPS) is 11.0. The Labute approximate surface area is 129 Å². The first-order valence-electron chi connectivity index (χ1n) is 7.26. The van der Waals surface area contributed by atoms with Gasteiger partial charge >= 0.3 is 0 Å². The van der Waals surface area contributed by atoms with Gasteiger partial charge in [0.25, 0.3) is 0 Å². The zero-order chi connectivity index (χ0) is 15.5. The summed E-state index contributed by atoms with van der Waals surface area (Å²) in [6.07, 6.45) is 2.04. The highest BCUT2D eigenvalue weighted by Crippen LogP contribution is 2.29.